The lowest BCUT2D eigenvalue weighted by Crippen LogP contribution is -2.21. The summed E-state index contributed by atoms with van der Waals surface area (Å²) in [7, 11) is 0. The number of rotatable bonds is 3. The molecule has 0 aromatic carbocycles. The van der Waals surface area contributed by atoms with Gasteiger partial charge >= 0.3 is 5.97 Å². The Hall–Kier alpha value is -0.570. The lowest BCUT2D eigenvalue weighted by molar-refractivity contribution is -0.151. The Bertz CT molecular complexity index is 191. The molecule has 14 heavy (non-hydrogen) atoms. The minimum Gasteiger partial charge on any atom is -0.463 e. The summed E-state index contributed by atoms with van der Waals surface area (Å²) in [5.74, 6) is 0.175. The number of esters is 1. The highest BCUT2D eigenvalue weighted by Gasteiger charge is 2.25. The highest BCUT2D eigenvalue weighted by atomic mass is 16.6. The first kappa shape index (κ1) is 9.97. The number of hydrogen-bond acceptors (Lipinski definition) is 3. The third-order valence-corrected chi connectivity index (χ3v) is 3.12. The molecule has 1 saturated heterocycles. The van der Waals surface area contributed by atoms with Crippen LogP contribution in [0.5, 0.6) is 0 Å². The fourth-order valence-corrected chi connectivity index (χ4v) is 2.23. The van der Waals surface area contributed by atoms with Crippen molar-refractivity contribution in [1.29, 1.82) is 0 Å². The van der Waals surface area contributed by atoms with Gasteiger partial charge in [0, 0.05) is 6.61 Å². The average molecular weight is 198 g/mol. The van der Waals surface area contributed by atoms with Gasteiger partial charge in [-0.1, -0.05) is 12.8 Å². The van der Waals surface area contributed by atoms with E-state index in [2.05, 4.69) is 0 Å². The third-order valence-electron chi connectivity index (χ3n) is 3.12. The molecule has 1 aliphatic carbocycles. The Kier molecular flexibility index (Phi) is 3.40. The number of carbonyl (C=O) groups excluding carboxylic acids is 1. The molecule has 0 amide bonds. The molecule has 2 aliphatic rings. The molecule has 1 atom stereocenters. The van der Waals surface area contributed by atoms with Gasteiger partial charge in [-0.3, -0.25) is 4.79 Å². The summed E-state index contributed by atoms with van der Waals surface area (Å²) in [6.07, 6.45) is 6.71. The van der Waals surface area contributed by atoms with E-state index in [1.807, 2.05) is 0 Å². The van der Waals surface area contributed by atoms with Crippen LogP contribution in [0.25, 0.3) is 0 Å². The van der Waals surface area contributed by atoms with E-state index in [1.54, 1.807) is 0 Å². The fraction of sp³-hybridized carbons (Fsp3) is 0.909. The summed E-state index contributed by atoms with van der Waals surface area (Å²) >= 11 is 0. The van der Waals surface area contributed by atoms with E-state index in [0.717, 1.165) is 32.3 Å². The Morgan fingerprint density at radius 1 is 1.21 bits per heavy atom. The molecular weight excluding hydrogens is 180 g/mol. The molecule has 2 fully saturated rings. The molecule has 1 unspecified atom stereocenters. The van der Waals surface area contributed by atoms with Gasteiger partial charge in [0.15, 0.2) is 0 Å². The minimum absolute atomic E-state index is 0.00185. The molecule has 80 valence electrons. The van der Waals surface area contributed by atoms with Gasteiger partial charge in [-0.15, -0.1) is 0 Å². The van der Waals surface area contributed by atoms with Crippen LogP contribution in [0.15, 0.2) is 0 Å². The largest absolute Gasteiger partial charge is 0.463 e. The van der Waals surface area contributed by atoms with E-state index in [0.29, 0.717) is 6.61 Å². The van der Waals surface area contributed by atoms with Gasteiger partial charge in [0.1, 0.15) is 6.61 Å². The lowest BCUT2D eigenvalue weighted by atomic mass is 10.1. The standard InChI is InChI=1S/C11H18O3/c12-11(9-4-1-2-5-9)14-8-10-6-3-7-13-10/h9-10H,1-8H2. The minimum atomic E-state index is -0.00185. The van der Waals surface area contributed by atoms with Gasteiger partial charge in [-0.25, -0.2) is 0 Å². The Morgan fingerprint density at radius 3 is 2.64 bits per heavy atom. The maximum absolute atomic E-state index is 11.5. The molecule has 2 rings (SSSR count). The molecule has 0 aromatic heterocycles. The zero-order chi connectivity index (χ0) is 9.80. The van der Waals surface area contributed by atoms with Gasteiger partial charge < -0.3 is 9.47 Å². The first-order valence-corrected chi connectivity index (χ1v) is 5.64. The van der Waals surface area contributed by atoms with Crippen molar-refractivity contribution in [2.45, 2.75) is 44.6 Å². The van der Waals surface area contributed by atoms with Gasteiger partial charge in [0.05, 0.1) is 12.0 Å². The van der Waals surface area contributed by atoms with Crippen LogP contribution < -0.4 is 0 Å². The van der Waals surface area contributed by atoms with Gasteiger partial charge in [-0.05, 0) is 25.7 Å². The highest BCUT2D eigenvalue weighted by molar-refractivity contribution is 5.72. The summed E-state index contributed by atoms with van der Waals surface area (Å²) in [6.45, 7) is 1.29. The highest BCUT2D eigenvalue weighted by Crippen LogP contribution is 2.26. The van der Waals surface area contributed by atoms with Crippen LogP contribution in [-0.4, -0.2) is 25.3 Å². The van der Waals surface area contributed by atoms with E-state index in [9.17, 15) is 4.79 Å². The van der Waals surface area contributed by atoms with Crippen molar-refractivity contribution in [2.75, 3.05) is 13.2 Å². The molecule has 0 radical (unpaired) electrons. The van der Waals surface area contributed by atoms with Crippen molar-refractivity contribution in [1.82, 2.24) is 0 Å². The molecule has 1 heterocycles. The van der Waals surface area contributed by atoms with Crippen molar-refractivity contribution < 1.29 is 14.3 Å². The second-order valence-electron chi connectivity index (χ2n) is 4.25. The predicted molar refractivity (Wildman–Crippen MR) is 51.9 cm³/mol. The van der Waals surface area contributed by atoms with Crippen LogP contribution in [0.3, 0.4) is 0 Å². The normalized spacial score (nSPS) is 28.1. The van der Waals surface area contributed by atoms with E-state index >= 15 is 0 Å². The van der Waals surface area contributed by atoms with E-state index in [-0.39, 0.29) is 18.0 Å². The lowest BCUT2D eigenvalue weighted by Gasteiger charge is -2.12. The first-order chi connectivity index (χ1) is 6.86. The van der Waals surface area contributed by atoms with Crippen LogP contribution in [0.2, 0.25) is 0 Å². The molecule has 0 bridgehead atoms. The quantitative estimate of drug-likeness (QED) is 0.650. The summed E-state index contributed by atoms with van der Waals surface area (Å²) < 4.78 is 10.6. The molecule has 3 heteroatoms. The summed E-state index contributed by atoms with van der Waals surface area (Å²) in [6, 6.07) is 0. The molecule has 0 spiro atoms. The average Bonchev–Trinajstić information content (AvgIpc) is 2.87. The van der Waals surface area contributed by atoms with Crippen LogP contribution in [-0.2, 0) is 14.3 Å². The molecule has 1 saturated carbocycles. The smallest absolute Gasteiger partial charge is 0.309 e. The number of carbonyl (C=O) groups is 1. The number of hydrogen-bond donors (Lipinski definition) is 0. The predicted octanol–water partition coefficient (Wildman–Crippen LogP) is 1.90. The van der Waals surface area contributed by atoms with Gasteiger partial charge in [0.2, 0.25) is 0 Å². The Morgan fingerprint density at radius 2 is 2.00 bits per heavy atom. The molecule has 0 N–H and O–H groups in total. The van der Waals surface area contributed by atoms with Crippen LogP contribution in [0.4, 0.5) is 0 Å². The Balaban J connectivity index is 1.66. The molecular formula is C11H18O3. The maximum atomic E-state index is 11.5. The molecule has 3 nitrogen and oxygen atoms in total. The van der Waals surface area contributed by atoms with E-state index in [1.165, 1.54) is 12.8 Å². The summed E-state index contributed by atoms with van der Waals surface area (Å²) in [4.78, 5) is 11.5. The van der Waals surface area contributed by atoms with Crippen LogP contribution in [0, 0.1) is 5.92 Å². The monoisotopic (exact) mass is 198 g/mol. The van der Waals surface area contributed by atoms with Crippen molar-refractivity contribution in [3.05, 3.63) is 0 Å². The summed E-state index contributed by atoms with van der Waals surface area (Å²) in [5, 5.41) is 0. The fourth-order valence-electron chi connectivity index (χ4n) is 2.23. The second kappa shape index (κ2) is 4.78. The van der Waals surface area contributed by atoms with Crippen LogP contribution >= 0.6 is 0 Å². The van der Waals surface area contributed by atoms with Crippen molar-refractivity contribution >= 4 is 5.97 Å². The van der Waals surface area contributed by atoms with Crippen LogP contribution in [0.1, 0.15) is 38.5 Å². The second-order valence-corrected chi connectivity index (χ2v) is 4.25. The zero-order valence-corrected chi connectivity index (χ0v) is 8.54. The summed E-state index contributed by atoms with van der Waals surface area (Å²) in [5.41, 5.74) is 0. The third kappa shape index (κ3) is 2.47. The first-order valence-electron chi connectivity index (χ1n) is 5.64. The topological polar surface area (TPSA) is 35.5 Å². The zero-order valence-electron chi connectivity index (χ0n) is 8.54. The Labute approximate surface area is 84.8 Å². The van der Waals surface area contributed by atoms with E-state index in [4.69, 9.17) is 9.47 Å². The van der Waals surface area contributed by atoms with Gasteiger partial charge in [0.25, 0.3) is 0 Å². The SMILES string of the molecule is O=C(OCC1CCCO1)C1CCCC1. The van der Waals surface area contributed by atoms with Gasteiger partial charge in [-0.2, -0.15) is 0 Å². The maximum Gasteiger partial charge on any atom is 0.309 e. The van der Waals surface area contributed by atoms with E-state index < -0.39 is 0 Å². The molecule has 0 aromatic rings. The van der Waals surface area contributed by atoms with Crippen molar-refractivity contribution in [2.24, 2.45) is 5.92 Å². The van der Waals surface area contributed by atoms with Crippen molar-refractivity contribution in [3.63, 3.8) is 0 Å². The number of ether oxygens (including phenoxy) is 2. The van der Waals surface area contributed by atoms with Crippen molar-refractivity contribution in [3.8, 4) is 0 Å². The molecule has 1 aliphatic heterocycles.